The molecule has 0 saturated carbocycles. The molecule has 0 radical (unpaired) electrons. The van der Waals surface area contributed by atoms with Gasteiger partial charge in [-0.3, -0.25) is 9.00 Å². The van der Waals surface area contributed by atoms with Crippen LogP contribution in [-0.2, 0) is 37.2 Å². The smallest absolute Gasteiger partial charge is 0.309 e. The van der Waals surface area contributed by atoms with Gasteiger partial charge in [-0.1, -0.05) is 24.3 Å². The molecule has 1 unspecified atom stereocenters. The molecule has 106 valence electrons. The number of carbonyl (C=O) groups is 1. The quantitative estimate of drug-likeness (QED) is 0.538. The van der Waals surface area contributed by atoms with Crippen molar-refractivity contribution in [3.8, 4) is 0 Å². The molecule has 1 rings (SSSR count). The average molecular weight is 284 g/mol. The fraction of sp³-hybridized carbons (Fsp3) is 0.500. The minimum atomic E-state index is -0.932. The molecule has 0 saturated heterocycles. The van der Waals surface area contributed by atoms with Crippen LogP contribution in [0.25, 0.3) is 0 Å². The SMILES string of the molecule is COCCCS(=O)Cc1ccccc1CC(=O)OC. The molecule has 1 aromatic carbocycles. The second-order valence-corrected chi connectivity index (χ2v) is 5.73. The van der Waals surface area contributed by atoms with Crippen molar-refractivity contribution in [3.63, 3.8) is 0 Å². The fourth-order valence-electron chi connectivity index (χ4n) is 1.71. The van der Waals surface area contributed by atoms with Crippen molar-refractivity contribution in [2.45, 2.75) is 18.6 Å². The summed E-state index contributed by atoms with van der Waals surface area (Å²) in [5, 5.41) is 0. The van der Waals surface area contributed by atoms with Gasteiger partial charge < -0.3 is 9.47 Å². The van der Waals surface area contributed by atoms with Gasteiger partial charge in [0.1, 0.15) is 0 Å². The minimum Gasteiger partial charge on any atom is -0.469 e. The van der Waals surface area contributed by atoms with Gasteiger partial charge >= 0.3 is 5.97 Å². The molecule has 1 atom stereocenters. The summed E-state index contributed by atoms with van der Waals surface area (Å²) in [7, 11) is 2.07. The Labute approximate surface area is 116 Å². The van der Waals surface area contributed by atoms with Gasteiger partial charge in [0.2, 0.25) is 0 Å². The lowest BCUT2D eigenvalue weighted by Gasteiger charge is -2.08. The summed E-state index contributed by atoms with van der Waals surface area (Å²) in [6, 6.07) is 7.54. The number of hydrogen-bond donors (Lipinski definition) is 0. The zero-order chi connectivity index (χ0) is 14.1. The zero-order valence-corrected chi connectivity index (χ0v) is 12.2. The lowest BCUT2D eigenvalue weighted by molar-refractivity contribution is -0.139. The van der Waals surface area contributed by atoms with E-state index in [2.05, 4.69) is 4.74 Å². The van der Waals surface area contributed by atoms with Crippen LogP contribution in [0.15, 0.2) is 24.3 Å². The second kappa shape index (κ2) is 8.82. The Hall–Kier alpha value is -1.20. The number of hydrogen-bond acceptors (Lipinski definition) is 4. The van der Waals surface area contributed by atoms with Crippen LogP contribution in [0.4, 0.5) is 0 Å². The highest BCUT2D eigenvalue weighted by atomic mass is 32.2. The molecular formula is C14H20O4S. The Bertz CT molecular complexity index is 431. The number of benzene rings is 1. The van der Waals surface area contributed by atoms with Gasteiger partial charge in [-0.2, -0.15) is 0 Å². The first-order chi connectivity index (χ1) is 9.17. The summed E-state index contributed by atoms with van der Waals surface area (Å²) in [5.74, 6) is 0.801. The Morgan fingerprint density at radius 3 is 2.53 bits per heavy atom. The molecular weight excluding hydrogens is 264 g/mol. The third-order valence-corrected chi connectivity index (χ3v) is 4.09. The van der Waals surface area contributed by atoms with Crippen LogP contribution in [0.2, 0.25) is 0 Å². The summed E-state index contributed by atoms with van der Waals surface area (Å²) in [6.45, 7) is 0.621. The highest BCUT2D eigenvalue weighted by Crippen LogP contribution is 2.13. The normalized spacial score (nSPS) is 12.1. The van der Waals surface area contributed by atoms with E-state index in [1.165, 1.54) is 7.11 Å². The van der Waals surface area contributed by atoms with Gasteiger partial charge in [-0.15, -0.1) is 0 Å². The van der Waals surface area contributed by atoms with Gasteiger partial charge in [0.15, 0.2) is 0 Å². The van der Waals surface area contributed by atoms with Crippen molar-refractivity contribution in [1.29, 1.82) is 0 Å². The number of methoxy groups -OCH3 is 2. The lowest BCUT2D eigenvalue weighted by atomic mass is 10.1. The summed E-state index contributed by atoms with van der Waals surface area (Å²) < 4.78 is 21.5. The predicted molar refractivity (Wildman–Crippen MR) is 75.4 cm³/mol. The van der Waals surface area contributed by atoms with E-state index < -0.39 is 10.8 Å². The van der Waals surface area contributed by atoms with E-state index in [0.29, 0.717) is 18.1 Å². The monoisotopic (exact) mass is 284 g/mol. The Morgan fingerprint density at radius 1 is 1.21 bits per heavy atom. The minimum absolute atomic E-state index is 0.224. The Kier molecular flexibility index (Phi) is 7.36. The zero-order valence-electron chi connectivity index (χ0n) is 11.4. The van der Waals surface area contributed by atoms with Gasteiger partial charge in [0.05, 0.1) is 13.5 Å². The van der Waals surface area contributed by atoms with Crippen molar-refractivity contribution >= 4 is 16.8 Å². The van der Waals surface area contributed by atoms with E-state index in [1.807, 2.05) is 24.3 Å². The van der Waals surface area contributed by atoms with Crippen molar-refractivity contribution in [2.24, 2.45) is 0 Å². The molecule has 0 heterocycles. The van der Waals surface area contributed by atoms with Crippen molar-refractivity contribution in [2.75, 3.05) is 26.6 Å². The highest BCUT2D eigenvalue weighted by Gasteiger charge is 2.10. The molecule has 4 nitrogen and oxygen atoms in total. The Balaban J connectivity index is 2.61. The molecule has 19 heavy (non-hydrogen) atoms. The van der Waals surface area contributed by atoms with Crippen LogP contribution in [0.5, 0.6) is 0 Å². The standard InChI is InChI=1S/C14H20O4S/c1-17-8-5-9-19(16)11-13-7-4-3-6-12(13)10-14(15)18-2/h3-4,6-7H,5,8-11H2,1-2H3. The average Bonchev–Trinajstić information content (AvgIpc) is 2.41. The van der Waals surface area contributed by atoms with E-state index in [1.54, 1.807) is 7.11 Å². The predicted octanol–water partition coefficient (Wildman–Crippen LogP) is 1.69. The third kappa shape index (κ3) is 5.98. The summed E-state index contributed by atoms with van der Waals surface area (Å²) >= 11 is 0. The molecule has 0 aliphatic carbocycles. The summed E-state index contributed by atoms with van der Waals surface area (Å²) in [5.41, 5.74) is 1.83. The second-order valence-electron chi connectivity index (χ2n) is 4.16. The number of esters is 1. The number of ether oxygens (including phenoxy) is 2. The first-order valence-electron chi connectivity index (χ1n) is 6.15. The van der Waals surface area contributed by atoms with Crippen LogP contribution in [0, 0.1) is 0 Å². The molecule has 0 spiro atoms. The maximum absolute atomic E-state index is 11.9. The molecule has 5 heteroatoms. The van der Waals surface area contributed by atoms with Crippen LogP contribution >= 0.6 is 0 Å². The molecule has 0 aliphatic heterocycles. The van der Waals surface area contributed by atoms with E-state index in [-0.39, 0.29) is 12.4 Å². The topological polar surface area (TPSA) is 52.6 Å². The van der Waals surface area contributed by atoms with Crippen molar-refractivity contribution in [3.05, 3.63) is 35.4 Å². The van der Waals surface area contributed by atoms with E-state index in [9.17, 15) is 9.00 Å². The van der Waals surface area contributed by atoms with Gasteiger partial charge in [-0.05, 0) is 17.5 Å². The van der Waals surface area contributed by atoms with Crippen LogP contribution in [0.1, 0.15) is 17.5 Å². The molecule has 0 amide bonds. The molecule has 0 aromatic heterocycles. The van der Waals surface area contributed by atoms with Gasteiger partial charge in [0, 0.05) is 36.0 Å². The van der Waals surface area contributed by atoms with Crippen molar-refractivity contribution in [1.82, 2.24) is 0 Å². The lowest BCUT2D eigenvalue weighted by Crippen LogP contribution is -2.09. The largest absolute Gasteiger partial charge is 0.469 e. The first-order valence-corrected chi connectivity index (χ1v) is 7.63. The van der Waals surface area contributed by atoms with Gasteiger partial charge in [-0.25, -0.2) is 0 Å². The van der Waals surface area contributed by atoms with Crippen LogP contribution < -0.4 is 0 Å². The highest BCUT2D eigenvalue weighted by molar-refractivity contribution is 7.84. The Morgan fingerprint density at radius 2 is 1.89 bits per heavy atom. The van der Waals surface area contributed by atoms with Crippen LogP contribution in [0.3, 0.4) is 0 Å². The molecule has 0 aliphatic rings. The molecule has 0 bridgehead atoms. The van der Waals surface area contributed by atoms with Crippen molar-refractivity contribution < 1.29 is 18.5 Å². The fourth-order valence-corrected chi connectivity index (χ4v) is 2.92. The van der Waals surface area contributed by atoms with Crippen LogP contribution in [-0.4, -0.2) is 36.8 Å². The number of carbonyl (C=O) groups excluding carboxylic acids is 1. The maximum Gasteiger partial charge on any atom is 0.309 e. The molecule has 0 N–H and O–H groups in total. The summed E-state index contributed by atoms with van der Waals surface area (Å²) in [6.07, 6.45) is 1.00. The number of rotatable bonds is 8. The van der Waals surface area contributed by atoms with E-state index in [4.69, 9.17) is 4.74 Å². The van der Waals surface area contributed by atoms with E-state index >= 15 is 0 Å². The van der Waals surface area contributed by atoms with Gasteiger partial charge in [0.25, 0.3) is 0 Å². The van der Waals surface area contributed by atoms with E-state index in [0.717, 1.165) is 17.5 Å². The third-order valence-electron chi connectivity index (χ3n) is 2.72. The first kappa shape index (κ1) is 15.9. The molecule has 1 aromatic rings. The summed E-state index contributed by atoms with van der Waals surface area (Å²) in [4.78, 5) is 11.3. The molecule has 0 fully saturated rings. The maximum atomic E-state index is 11.9.